The van der Waals surface area contributed by atoms with Crippen molar-refractivity contribution >= 4 is 33.2 Å². The fourth-order valence-corrected chi connectivity index (χ4v) is 11.4. The molecule has 6 atom stereocenters. The summed E-state index contributed by atoms with van der Waals surface area (Å²) < 4.78 is 43.1. The monoisotopic (exact) mass is 802 g/mol. The number of fused-ring (bicyclic) bond motifs is 4. The molecule has 2 bridgehead atoms. The first-order valence-electron chi connectivity index (χ1n) is 20.3. The Bertz CT molecular complexity index is 2040. The second kappa shape index (κ2) is 16.0. The number of sulfonamides is 1. The van der Waals surface area contributed by atoms with Gasteiger partial charge in [-0.1, -0.05) is 36.7 Å². The van der Waals surface area contributed by atoms with Crippen molar-refractivity contribution in [1.29, 1.82) is 0 Å². The van der Waals surface area contributed by atoms with Crippen LogP contribution in [-0.2, 0) is 33.1 Å². The highest BCUT2D eigenvalue weighted by Gasteiger charge is 2.50. The molecular formula is C43H55ClN6O5S. The van der Waals surface area contributed by atoms with E-state index in [9.17, 15) is 13.2 Å². The Morgan fingerprint density at radius 3 is 2.57 bits per heavy atom. The minimum atomic E-state index is -3.97. The van der Waals surface area contributed by atoms with E-state index in [0.717, 1.165) is 94.5 Å². The highest BCUT2D eigenvalue weighted by atomic mass is 35.5. The third-order valence-electron chi connectivity index (χ3n) is 13.5. The summed E-state index contributed by atoms with van der Waals surface area (Å²) in [7, 11) is -2.13. The molecule has 1 aromatic heterocycles. The first-order chi connectivity index (χ1) is 27.0. The summed E-state index contributed by atoms with van der Waals surface area (Å²) in [6.45, 7) is 10.7. The predicted octanol–water partition coefficient (Wildman–Crippen LogP) is 5.88. The summed E-state index contributed by atoms with van der Waals surface area (Å²) in [4.78, 5) is 29.9. The number of benzene rings is 2. The van der Waals surface area contributed by atoms with Gasteiger partial charge in [0.25, 0.3) is 5.91 Å². The van der Waals surface area contributed by atoms with Gasteiger partial charge in [0.2, 0.25) is 10.0 Å². The second-order valence-corrected chi connectivity index (χ2v) is 19.4. The Labute approximate surface area is 336 Å². The number of carbonyl (C=O) groups excluding carboxylic acids is 1. The van der Waals surface area contributed by atoms with Crippen LogP contribution < -0.4 is 14.4 Å². The third-order valence-corrected chi connectivity index (χ3v) is 15.7. The van der Waals surface area contributed by atoms with E-state index < -0.39 is 26.8 Å². The van der Waals surface area contributed by atoms with E-state index in [4.69, 9.17) is 21.1 Å². The molecule has 5 aliphatic rings. The first kappa shape index (κ1) is 39.3. The molecule has 1 spiro atoms. The number of methoxy groups -OCH3 is 1. The van der Waals surface area contributed by atoms with E-state index >= 15 is 0 Å². The van der Waals surface area contributed by atoms with E-state index in [-0.39, 0.29) is 17.3 Å². The highest BCUT2D eigenvalue weighted by Crippen LogP contribution is 2.49. The average Bonchev–Trinajstić information content (AvgIpc) is 3.33. The molecule has 4 heterocycles. The van der Waals surface area contributed by atoms with Crippen molar-refractivity contribution in [2.24, 2.45) is 17.8 Å². The molecule has 13 heteroatoms. The molecule has 56 heavy (non-hydrogen) atoms. The fraction of sp³-hybridized carbons (Fsp3) is 0.558. The van der Waals surface area contributed by atoms with Crippen molar-refractivity contribution in [3.63, 3.8) is 0 Å². The summed E-state index contributed by atoms with van der Waals surface area (Å²) in [6, 6.07) is 13.5. The van der Waals surface area contributed by atoms with Gasteiger partial charge in [-0.15, -0.1) is 0 Å². The molecule has 2 aromatic carbocycles. The zero-order valence-corrected chi connectivity index (χ0v) is 34.4. The van der Waals surface area contributed by atoms with Crippen LogP contribution in [0.3, 0.4) is 0 Å². The van der Waals surface area contributed by atoms with Crippen LogP contribution in [0, 0.1) is 17.8 Å². The van der Waals surface area contributed by atoms with E-state index in [1.807, 2.05) is 38.3 Å². The van der Waals surface area contributed by atoms with E-state index in [1.54, 1.807) is 25.4 Å². The zero-order valence-electron chi connectivity index (χ0n) is 32.8. The van der Waals surface area contributed by atoms with E-state index in [2.05, 4.69) is 53.7 Å². The zero-order chi connectivity index (χ0) is 39.1. The van der Waals surface area contributed by atoms with Gasteiger partial charge in [-0.05, 0) is 111 Å². The van der Waals surface area contributed by atoms with Crippen molar-refractivity contribution in [2.75, 3.05) is 64.4 Å². The third kappa shape index (κ3) is 7.84. The number of hydrogen-bond acceptors (Lipinski definition) is 10. The lowest BCUT2D eigenvalue weighted by molar-refractivity contribution is -0.0957. The molecule has 2 fully saturated rings. The molecule has 1 N–H and O–H groups in total. The number of ether oxygens (including phenoxy) is 2. The molecule has 11 nitrogen and oxygen atoms in total. The van der Waals surface area contributed by atoms with Crippen LogP contribution in [0.2, 0.25) is 5.02 Å². The Morgan fingerprint density at radius 2 is 1.82 bits per heavy atom. The van der Waals surface area contributed by atoms with Gasteiger partial charge in [0, 0.05) is 81.3 Å². The largest absolute Gasteiger partial charge is 0.490 e. The van der Waals surface area contributed by atoms with Gasteiger partial charge in [0.05, 0.1) is 24.1 Å². The van der Waals surface area contributed by atoms with Gasteiger partial charge in [0.1, 0.15) is 17.2 Å². The highest BCUT2D eigenvalue weighted by molar-refractivity contribution is 7.90. The number of halogens is 1. The van der Waals surface area contributed by atoms with Crippen LogP contribution in [0.1, 0.15) is 73.3 Å². The maximum Gasteiger partial charge on any atom is 0.264 e. The van der Waals surface area contributed by atoms with Crippen molar-refractivity contribution in [3.05, 3.63) is 94.5 Å². The molecule has 3 aromatic rings. The van der Waals surface area contributed by atoms with Crippen molar-refractivity contribution in [1.82, 2.24) is 24.5 Å². The number of rotatable bonds is 5. The van der Waals surface area contributed by atoms with Crippen LogP contribution in [0.5, 0.6) is 5.75 Å². The standard InChI is InChI=1S/C43H55ClN6O5S/c1-30-7-4-16-43(54-3,28-49-21-19-48(20-22-49)26-40-45-17-6-18-46-40)37-12-9-34(37)25-50-27-42(15-5-8-32-23-35(44)11-13-36(32)42)29-55-39-14-10-33(24-38(39)50)41(51)47-56(52,53)31(30)2/h4,6,10-11,13-14,16-18,23-24,30-31,34,37H,5,7-9,12,15,19-22,25-29H2,1-3H3,(H,47,51)/b16-4+/t30-,31+,34-,37+,42-,43+/m0/s1. The lowest BCUT2D eigenvalue weighted by Gasteiger charge is -2.52. The maximum atomic E-state index is 13.7. The lowest BCUT2D eigenvalue weighted by Crippen LogP contribution is -2.59. The number of nitrogens with zero attached hydrogens (tertiary/aromatic N) is 5. The molecule has 2 aliphatic carbocycles. The summed E-state index contributed by atoms with van der Waals surface area (Å²) in [5.74, 6) is 1.23. The number of nitrogens with one attached hydrogen (secondary N) is 1. The summed E-state index contributed by atoms with van der Waals surface area (Å²) in [6.07, 6.45) is 13.6. The van der Waals surface area contributed by atoms with Gasteiger partial charge < -0.3 is 14.4 Å². The Balaban J connectivity index is 1.14. The molecule has 3 aliphatic heterocycles. The number of amides is 1. The first-order valence-corrected chi connectivity index (χ1v) is 22.2. The minimum Gasteiger partial charge on any atom is -0.490 e. The maximum absolute atomic E-state index is 13.7. The Kier molecular flexibility index (Phi) is 11.2. The van der Waals surface area contributed by atoms with E-state index in [1.165, 1.54) is 11.1 Å². The molecule has 300 valence electrons. The van der Waals surface area contributed by atoms with Crippen molar-refractivity contribution in [2.45, 2.75) is 75.2 Å². The van der Waals surface area contributed by atoms with Crippen molar-refractivity contribution in [3.8, 4) is 5.75 Å². The summed E-state index contributed by atoms with van der Waals surface area (Å²) in [5, 5.41) is -0.0506. The van der Waals surface area contributed by atoms with Gasteiger partial charge in [0.15, 0.2) is 0 Å². The lowest BCUT2D eigenvalue weighted by atomic mass is 9.63. The summed E-state index contributed by atoms with van der Waals surface area (Å²) >= 11 is 6.51. The van der Waals surface area contributed by atoms with Gasteiger partial charge >= 0.3 is 0 Å². The predicted molar refractivity (Wildman–Crippen MR) is 219 cm³/mol. The van der Waals surface area contributed by atoms with Crippen LogP contribution in [-0.4, -0.2) is 104 Å². The average molecular weight is 803 g/mol. The Hall–Kier alpha value is -3.55. The Morgan fingerprint density at radius 1 is 1.04 bits per heavy atom. The van der Waals surface area contributed by atoms with Gasteiger partial charge in [-0.25, -0.2) is 23.1 Å². The number of aryl methyl sites for hydroxylation is 1. The molecule has 0 radical (unpaired) electrons. The molecular weight excluding hydrogens is 748 g/mol. The van der Waals surface area contributed by atoms with Crippen molar-refractivity contribution < 1.29 is 22.7 Å². The molecule has 1 amide bonds. The topological polar surface area (TPSA) is 117 Å². The minimum absolute atomic E-state index is 0.233. The van der Waals surface area contributed by atoms with Crippen LogP contribution in [0.4, 0.5) is 5.69 Å². The van der Waals surface area contributed by atoms with Crippen LogP contribution >= 0.6 is 11.6 Å². The molecule has 1 saturated carbocycles. The van der Waals surface area contributed by atoms with E-state index in [0.29, 0.717) is 36.8 Å². The quantitative estimate of drug-likeness (QED) is 0.314. The second-order valence-electron chi connectivity index (χ2n) is 16.9. The van der Waals surface area contributed by atoms with Gasteiger partial charge in [-0.3, -0.25) is 14.6 Å². The molecule has 0 unspecified atom stereocenters. The molecule has 1 saturated heterocycles. The number of carbonyl (C=O) groups is 1. The number of allylic oxidation sites excluding steroid dienone is 1. The number of anilines is 1. The van der Waals surface area contributed by atoms with Crippen LogP contribution in [0.15, 0.2) is 67.0 Å². The fourth-order valence-electron chi connectivity index (χ4n) is 9.87. The van der Waals surface area contributed by atoms with Crippen LogP contribution in [0.25, 0.3) is 0 Å². The number of aromatic nitrogens is 2. The smallest absolute Gasteiger partial charge is 0.264 e. The summed E-state index contributed by atoms with van der Waals surface area (Å²) in [5.41, 5.74) is 2.82. The molecule has 8 rings (SSSR count). The number of piperazine rings is 1. The normalized spacial score (nSPS) is 31.6. The SMILES string of the molecule is CO[C@@]1(CN2CCN(Cc3ncccn3)CC2)/C=C/C[C@H](C)[C@@H](C)S(=O)(=O)NC(=O)c2ccc3c(c2)N(C[C@@H]2CC[C@H]21)C[C@@]1(CCCc2cc(Cl)ccc21)CO3. The van der Waals surface area contributed by atoms with Gasteiger partial charge in [-0.2, -0.15) is 0 Å². The number of hydrogen-bond donors (Lipinski definition) is 1.